The Kier molecular flexibility index (Phi) is 3.25. The van der Waals surface area contributed by atoms with Gasteiger partial charge in [0.25, 0.3) is 0 Å². The molecule has 17 heavy (non-hydrogen) atoms. The molecule has 2 rings (SSSR count). The molecule has 88 valence electrons. The van der Waals surface area contributed by atoms with Gasteiger partial charge in [0, 0.05) is 24.0 Å². The van der Waals surface area contributed by atoms with Crippen LogP contribution in [0.5, 0.6) is 0 Å². The Morgan fingerprint density at radius 2 is 1.76 bits per heavy atom. The van der Waals surface area contributed by atoms with Crippen molar-refractivity contribution in [3.05, 3.63) is 53.3 Å². The highest BCUT2D eigenvalue weighted by molar-refractivity contribution is 5.64. The first kappa shape index (κ1) is 11.8. The molecule has 0 aliphatic carbocycles. The molecule has 0 spiro atoms. The van der Waals surface area contributed by atoms with Crippen LogP contribution in [0.4, 0.5) is 0 Å². The van der Waals surface area contributed by atoms with Crippen LogP contribution in [-0.4, -0.2) is 4.98 Å². The van der Waals surface area contributed by atoms with Crippen LogP contribution in [-0.2, 0) is 0 Å². The second kappa shape index (κ2) is 4.68. The van der Waals surface area contributed by atoms with Crippen molar-refractivity contribution in [2.75, 3.05) is 0 Å². The molecule has 1 heterocycles. The third kappa shape index (κ3) is 2.53. The zero-order valence-corrected chi connectivity index (χ0v) is 10.6. The molecule has 0 aliphatic rings. The van der Waals surface area contributed by atoms with Crippen molar-refractivity contribution in [2.45, 2.75) is 26.8 Å². The van der Waals surface area contributed by atoms with Gasteiger partial charge in [-0.2, -0.15) is 0 Å². The molecule has 1 aromatic heterocycles. The van der Waals surface area contributed by atoms with Crippen LogP contribution in [0.15, 0.2) is 36.7 Å². The summed E-state index contributed by atoms with van der Waals surface area (Å²) in [5.74, 6) is 0. The first-order chi connectivity index (χ1) is 8.08. The van der Waals surface area contributed by atoms with Gasteiger partial charge in [-0.25, -0.2) is 0 Å². The Morgan fingerprint density at radius 1 is 1.00 bits per heavy atom. The molecule has 2 aromatic rings. The molecule has 2 heteroatoms. The summed E-state index contributed by atoms with van der Waals surface area (Å²) >= 11 is 0. The highest BCUT2D eigenvalue weighted by Crippen LogP contribution is 2.23. The molecule has 0 saturated carbocycles. The molecule has 0 aliphatic heterocycles. The zero-order valence-electron chi connectivity index (χ0n) is 10.6. The normalized spacial score (nSPS) is 12.5. The van der Waals surface area contributed by atoms with Crippen molar-refractivity contribution in [2.24, 2.45) is 5.73 Å². The Bertz CT molecular complexity index is 530. The number of nitrogens with zero attached hydrogens (tertiary/aromatic N) is 1. The maximum Gasteiger partial charge on any atom is 0.0346 e. The molecule has 0 amide bonds. The van der Waals surface area contributed by atoms with Gasteiger partial charge < -0.3 is 5.73 Å². The predicted molar refractivity (Wildman–Crippen MR) is 71.7 cm³/mol. The van der Waals surface area contributed by atoms with Crippen molar-refractivity contribution in [3.8, 4) is 11.1 Å². The lowest BCUT2D eigenvalue weighted by Gasteiger charge is -2.09. The molecule has 0 saturated heterocycles. The third-order valence-electron chi connectivity index (χ3n) is 3.13. The fourth-order valence-electron chi connectivity index (χ4n) is 1.79. The topological polar surface area (TPSA) is 38.9 Å². The minimum absolute atomic E-state index is 0.0222. The highest BCUT2D eigenvalue weighted by Gasteiger charge is 2.04. The van der Waals surface area contributed by atoms with Crippen LogP contribution in [0, 0.1) is 13.8 Å². The summed E-state index contributed by atoms with van der Waals surface area (Å²) < 4.78 is 0. The third-order valence-corrected chi connectivity index (χ3v) is 3.13. The van der Waals surface area contributed by atoms with E-state index >= 15 is 0 Å². The largest absolute Gasteiger partial charge is 0.324 e. The molecule has 1 atom stereocenters. The first-order valence-electron chi connectivity index (χ1n) is 5.86. The van der Waals surface area contributed by atoms with Crippen molar-refractivity contribution in [1.29, 1.82) is 0 Å². The fourth-order valence-corrected chi connectivity index (χ4v) is 1.79. The molecule has 1 aromatic carbocycles. The molecule has 1 unspecified atom stereocenters. The van der Waals surface area contributed by atoms with Crippen LogP contribution in [0.3, 0.4) is 0 Å². The number of aryl methyl sites for hydroxylation is 2. The van der Waals surface area contributed by atoms with Crippen LogP contribution in [0.25, 0.3) is 11.1 Å². The predicted octanol–water partition coefficient (Wildman–Crippen LogP) is 3.39. The lowest BCUT2D eigenvalue weighted by atomic mass is 10.00. The van der Waals surface area contributed by atoms with E-state index in [1.807, 2.05) is 19.3 Å². The van der Waals surface area contributed by atoms with Gasteiger partial charge in [0.05, 0.1) is 0 Å². The second-order valence-electron chi connectivity index (χ2n) is 4.59. The smallest absolute Gasteiger partial charge is 0.0346 e. The van der Waals surface area contributed by atoms with Gasteiger partial charge >= 0.3 is 0 Å². The van der Waals surface area contributed by atoms with E-state index in [1.54, 1.807) is 0 Å². The minimum Gasteiger partial charge on any atom is -0.324 e. The van der Waals surface area contributed by atoms with Crippen LogP contribution >= 0.6 is 0 Å². The van der Waals surface area contributed by atoms with Crippen LogP contribution in [0.2, 0.25) is 0 Å². The summed E-state index contributed by atoms with van der Waals surface area (Å²) in [7, 11) is 0. The molecule has 2 nitrogen and oxygen atoms in total. The lowest BCUT2D eigenvalue weighted by Crippen LogP contribution is -2.05. The van der Waals surface area contributed by atoms with Crippen molar-refractivity contribution in [3.63, 3.8) is 0 Å². The standard InChI is InChI=1S/C15H18N2/c1-10-4-5-13(6-11(10)2)15-7-14(12(3)16)8-17-9-15/h4-9,12H,16H2,1-3H3. The van der Waals surface area contributed by atoms with Gasteiger partial charge in [0.1, 0.15) is 0 Å². The number of pyridine rings is 1. The Labute approximate surface area is 103 Å². The summed E-state index contributed by atoms with van der Waals surface area (Å²) in [4.78, 5) is 4.25. The van der Waals surface area contributed by atoms with E-state index < -0.39 is 0 Å². The van der Waals surface area contributed by atoms with E-state index in [2.05, 4.69) is 43.1 Å². The van der Waals surface area contributed by atoms with Gasteiger partial charge in [-0.15, -0.1) is 0 Å². The number of benzene rings is 1. The maximum atomic E-state index is 5.87. The van der Waals surface area contributed by atoms with Gasteiger partial charge in [0.2, 0.25) is 0 Å². The zero-order chi connectivity index (χ0) is 12.4. The number of hydrogen-bond donors (Lipinski definition) is 1. The number of rotatable bonds is 2. The number of aromatic nitrogens is 1. The van der Waals surface area contributed by atoms with E-state index in [4.69, 9.17) is 5.73 Å². The van der Waals surface area contributed by atoms with E-state index in [9.17, 15) is 0 Å². The van der Waals surface area contributed by atoms with Gasteiger partial charge in [-0.05, 0) is 49.1 Å². The summed E-state index contributed by atoms with van der Waals surface area (Å²) in [5, 5.41) is 0. The van der Waals surface area contributed by atoms with E-state index in [0.29, 0.717) is 0 Å². The van der Waals surface area contributed by atoms with E-state index in [-0.39, 0.29) is 6.04 Å². The van der Waals surface area contributed by atoms with Gasteiger partial charge in [0.15, 0.2) is 0 Å². The number of hydrogen-bond acceptors (Lipinski definition) is 2. The Hall–Kier alpha value is -1.67. The van der Waals surface area contributed by atoms with Gasteiger partial charge in [-0.3, -0.25) is 4.98 Å². The number of nitrogens with two attached hydrogens (primary N) is 1. The highest BCUT2D eigenvalue weighted by atomic mass is 14.7. The van der Waals surface area contributed by atoms with Crippen molar-refractivity contribution < 1.29 is 0 Å². The first-order valence-corrected chi connectivity index (χ1v) is 5.86. The quantitative estimate of drug-likeness (QED) is 0.852. The Balaban J connectivity index is 2.45. The van der Waals surface area contributed by atoms with Gasteiger partial charge in [-0.1, -0.05) is 18.2 Å². The molecular formula is C15H18N2. The maximum absolute atomic E-state index is 5.87. The molecule has 2 N–H and O–H groups in total. The van der Waals surface area contributed by atoms with E-state index in [0.717, 1.165) is 11.1 Å². The van der Waals surface area contributed by atoms with Crippen molar-refractivity contribution >= 4 is 0 Å². The summed E-state index contributed by atoms with van der Waals surface area (Å²) in [6.07, 6.45) is 3.71. The summed E-state index contributed by atoms with van der Waals surface area (Å²) in [6.45, 7) is 6.22. The second-order valence-corrected chi connectivity index (χ2v) is 4.59. The van der Waals surface area contributed by atoms with Crippen LogP contribution < -0.4 is 5.73 Å². The lowest BCUT2D eigenvalue weighted by molar-refractivity contribution is 0.812. The van der Waals surface area contributed by atoms with Crippen molar-refractivity contribution in [1.82, 2.24) is 4.98 Å². The molecule has 0 fully saturated rings. The average Bonchev–Trinajstić information content (AvgIpc) is 2.33. The molecular weight excluding hydrogens is 208 g/mol. The molecule has 0 bridgehead atoms. The minimum atomic E-state index is 0.0222. The Morgan fingerprint density at radius 3 is 2.41 bits per heavy atom. The van der Waals surface area contributed by atoms with Crippen LogP contribution in [0.1, 0.15) is 29.7 Å². The molecule has 0 radical (unpaired) electrons. The monoisotopic (exact) mass is 226 g/mol. The summed E-state index contributed by atoms with van der Waals surface area (Å²) in [6, 6.07) is 8.60. The van der Waals surface area contributed by atoms with E-state index in [1.165, 1.54) is 16.7 Å². The average molecular weight is 226 g/mol. The SMILES string of the molecule is Cc1ccc(-c2cncc(C(C)N)c2)cc1C. The fraction of sp³-hybridized carbons (Fsp3) is 0.267. The summed E-state index contributed by atoms with van der Waals surface area (Å²) in [5.41, 5.74) is 11.9.